The monoisotopic (exact) mass is 270 g/mol. The highest BCUT2D eigenvalue weighted by molar-refractivity contribution is 5.74. The van der Waals surface area contributed by atoms with Crippen LogP contribution in [-0.2, 0) is 13.2 Å². The van der Waals surface area contributed by atoms with Crippen LogP contribution in [0.5, 0.6) is 0 Å². The van der Waals surface area contributed by atoms with E-state index < -0.39 is 0 Å². The predicted molar refractivity (Wildman–Crippen MR) is 82.7 cm³/mol. The molecule has 2 nitrogen and oxygen atoms in total. The van der Waals surface area contributed by atoms with Crippen LogP contribution in [0.3, 0.4) is 0 Å². The van der Waals surface area contributed by atoms with E-state index in [2.05, 4.69) is 12.1 Å². The molecule has 0 saturated carbocycles. The van der Waals surface area contributed by atoms with Crippen LogP contribution in [0, 0.1) is 27.7 Å². The standard InChI is InChI=1S/C18H22O2/c1-11-5-15(9-19)13(3)17(7-11)18-8-12(2)6-16(10-20)14(18)4/h5-8,19-20H,9-10H2,1-4H3. The Morgan fingerprint density at radius 2 is 1.00 bits per heavy atom. The molecule has 0 bridgehead atoms. The van der Waals surface area contributed by atoms with Gasteiger partial charge < -0.3 is 10.2 Å². The first kappa shape index (κ1) is 14.8. The summed E-state index contributed by atoms with van der Waals surface area (Å²) in [6, 6.07) is 8.35. The molecule has 0 heterocycles. The Morgan fingerprint density at radius 1 is 0.650 bits per heavy atom. The van der Waals surface area contributed by atoms with Crippen molar-refractivity contribution in [3.05, 3.63) is 57.6 Å². The molecule has 0 saturated heterocycles. The second kappa shape index (κ2) is 5.78. The highest BCUT2D eigenvalue weighted by Crippen LogP contribution is 2.32. The summed E-state index contributed by atoms with van der Waals surface area (Å²) in [5.41, 5.74) is 8.71. The summed E-state index contributed by atoms with van der Waals surface area (Å²) in [5, 5.41) is 19.0. The van der Waals surface area contributed by atoms with Crippen molar-refractivity contribution >= 4 is 0 Å². The number of hydrogen-bond acceptors (Lipinski definition) is 2. The zero-order chi connectivity index (χ0) is 14.9. The quantitative estimate of drug-likeness (QED) is 0.895. The van der Waals surface area contributed by atoms with Crippen molar-refractivity contribution in [1.82, 2.24) is 0 Å². The number of aliphatic hydroxyl groups excluding tert-OH is 2. The second-order valence-corrected chi connectivity index (χ2v) is 5.51. The topological polar surface area (TPSA) is 40.5 Å². The van der Waals surface area contributed by atoms with Gasteiger partial charge in [-0.3, -0.25) is 0 Å². The molecule has 106 valence electrons. The van der Waals surface area contributed by atoms with E-state index in [1.165, 1.54) is 0 Å². The van der Waals surface area contributed by atoms with E-state index in [0.29, 0.717) is 0 Å². The summed E-state index contributed by atoms with van der Waals surface area (Å²) < 4.78 is 0. The maximum absolute atomic E-state index is 9.50. The molecule has 0 aliphatic heterocycles. The lowest BCUT2D eigenvalue weighted by Gasteiger charge is -2.17. The first-order valence-corrected chi connectivity index (χ1v) is 6.90. The third-order valence-electron chi connectivity index (χ3n) is 3.95. The summed E-state index contributed by atoms with van der Waals surface area (Å²) in [4.78, 5) is 0. The lowest BCUT2D eigenvalue weighted by molar-refractivity contribution is 0.280. The van der Waals surface area contributed by atoms with Gasteiger partial charge in [-0.2, -0.15) is 0 Å². The van der Waals surface area contributed by atoms with Crippen LogP contribution in [-0.4, -0.2) is 10.2 Å². The van der Waals surface area contributed by atoms with Gasteiger partial charge in [0, 0.05) is 0 Å². The number of rotatable bonds is 3. The van der Waals surface area contributed by atoms with Crippen LogP contribution in [0.1, 0.15) is 33.4 Å². The SMILES string of the molecule is Cc1cc(CO)c(C)c(-c2cc(C)cc(CO)c2C)c1. The minimum atomic E-state index is 0.0538. The van der Waals surface area contributed by atoms with Crippen molar-refractivity contribution in [3.8, 4) is 11.1 Å². The minimum Gasteiger partial charge on any atom is -0.392 e. The molecule has 0 radical (unpaired) electrons. The Kier molecular flexibility index (Phi) is 4.26. The minimum absolute atomic E-state index is 0.0538. The van der Waals surface area contributed by atoms with E-state index in [1.807, 2.05) is 39.8 Å². The van der Waals surface area contributed by atoms with Gasteiger partial charge in [-0.25, -0.2) is 0 Å². The predicted octanol–water partition coefficient (Wildman–Crippen LogP) is 3.57. The second-order valence-electron chi connectivity index (χ2n) is 5.51. The third-order valence-corrected chi connectivity index (χ3v) is 3.95. The first-order valence-electron chi connectivity index (χ1n) is 6.90. The summed E-state index contributed by atoms with van der Waals surface area (Å²) in [6.07, 6.45) is 0. The third kappa shape index (κ3) is 2.62. The highest BCUT2D eigenvalue weighted by atomic mass is 16.3. The number of hydrogen-bond donors (Lipinski definition) is 2. The molecule has 0 amide bonds. The van der Waals surface area contributed by atoms with Gasteiger partial charge >= 0.3 is 0 Å². The molecule has 2 N–H and O–H groups in total. The molecule has 0 aliphatic carbocycles. The van der Waals surface area contributed by atoms with Gasteiger partial charge in [-0.05, 0) is 61.1 Å². The van der Waals surface area contributed by atoms with Crippen molar-refractivity contribution in [1.29, 1.82) is 0 Å². The van der Waals surface area contributed by atoms with Crippen molar-refractivity contribution in [2.24, 2.45) is 0 Å². The van der Waals surface area contributed by atoms with Gasteiger partial charge in [-0.15, -0.1) is 0 Å². The summed E-state index contributed by atoms with van der Waals surface area (Å²) in [6.45, 7) is 8.28. The fraction of sp³-hybridized carbons (Fsp3) is 0.333. The Balaban J connectivity index is 2.74. The van der Waals surface area contributed by atoms with E-state index in [0.717, 1.165) is 44.5 Å². The molecule has 0 aromatic heterocycles. The number of aryl methyl sites for hydroxylation is 2. The fourth-order valence-electron chi connectivity index (χ4n) is 2.76. The van der Waals surface area contributed by atoms with E-state index in [-0.39, 0.29) is 13.2 Å². The van der Waals surface area contributed by atoms with Gasteiger partial charge in [0.2, 0.25) is 0 Å². The van der Waals surface area contributed by atoms with E-state index in [4.69, 9.17) is 0 Å². The van der Waals surface area contributed by atoms with Gasteiger partial charge in [0.25, 0.3) is 0 Å². The summed E-state index contributed by atoms with van der Waals surface area (Å²) >= 11 is 0. The summed E-state index contributed by atoms with van der Waals surface area (Å²) in [5.74, 6) is 0. The lowest BCUT2D eigenvalue weighted by atomic mass is 9.89. The van der Waals surface area contributed by atoms with Crippen LogP contribution >= 0.6 is 0 Å². The Bertz CT molecular complexity index is 585. The Labute approximate surface area is 120 Å². The average Bonchev–Trinajstić information content (AvgIpc) is 2.43. The molecule has 0 atom stereocenters. The molecule has 0 aliphatic rings. The summed E-state index contributed by atoms with van der Waals surface area (Å²) in [7, 11) is 0. The zero-order valence-corrected chi connectivity index (χ0v) is 12.6. The maximum atomic E-state index is 9.50. The molecular weight excluding hydrogens is 248 g/mol. The fourth-order valence-corrected chi connectivity index (χ4v) is 2.76. The molecule has 2 aromatic rings. The van der Waals surface area contributed by atoms with Crippen molar-refractivity contribution < 1.29 is 10.2 Å². The Morgan fingerprint density at radius 3 is 1.30 bits per heavy atom. The van der Waals surface area contributed by atoms with Crippen molar-refractivity contribution in [2.45, 2.75) is 40.9 Å². The van der Waals surface area contributed by atoms with Crippen LogP contribution in [0.15, 0.2) is 24.3 Å². The molecule has 0 fully saturated rings. The van der Waals surface area contributed by atoms with Gasteiger partial charge in [0.15, 0.2) is 0 Å². The lowest BCUT2D eigenvalue weighted by Crippen LogP contribution is -1.98. The molecule has 0 unspecified atom stereocenters. The van der Waals surface area contributed by atoms with Crippen LogP contribution in [0.2, 0.25) is 0 Å². The molecule has 2 heteroatoms. The van der Waals surface area contributed by atoms with Crippen molar-refractivity contribution in [3.63, 3.8) is 0 Å². The maximum Gasteiger partial charge on any atom is 0.0684 e. The highest BCUT2D eigenvalue weighted by Gasteiger charge is 2.12. The van der Waals surface area contributed by atoms with Crippen molar-refractivity contribution in [2.75, 3.05) is 0 Å². The van der Waals surface area contributed by atoms with Crippen LogP contribution < -0.4 is 0 Å². The van der Waals surface area contributed by atoms with E-state index in [1.54, 1.807) is 0 Å². The largest absolute Gasteiger partial charge is 0.392 e. The molecular formula is C18H22O2. The van der Waals surface area contributed by atoms with E-state index >= 15 is 0 Å². The Hall–Kier alpha value is -1.64. The molecule has 2 rings (SSSR count). The smallest absolute Gasteiger partial charge is 0.0684 e. The normalized spacial score (nSPS) is 10.9. The van der Waals surface area contributed by atoms with E-state index in [9.17, 15) is 10.2 Å². The molecule has 2 aromatic carbocycles. The van der Waals surface area contributed by atoms with Gasteiger partial charge in [-0.1, -0.05) is 35.4 Å². The zero-order valence-electron chi connectivity index (χ0n) is 12.6. The number of aliphatic hydroxyl groups is 2. The molecule has 20 heavy (non-hydrogen) atoms. The van der Waals surface area contributed by atoms with Crippen LogP contribution in [0.25, 0.3) is 11.1 Å². The first-order chi connectivity index (χ1) is 9.47. The molecule has 0 spiro atoms. The van der Waals surface area contributed by atoms with Gasteiger partial charge in [0.05, 0.1) is 13.2 Å². The number of benzene rings is 2. The van der Waals surface area contributed by atoms with Crippen LogP contribution in [0.4, 0.5) is 0 Å². The van der Waals surface area contributed by atoms with Gasteiger partial charge in [0.1, 0.15) is 0 Å². The average molecular weight is 270 g/mol.